The Hall–Kier alpha value is -2.13. The molecule has 2 aromatic heterocycles. The predicted octanol–water partition coefficient (Wildman–Crippen LogP) is -0.542. The molecular formula is C17H25ClN6O3. The number of hydrogen-bond acceptors (Lipinski definition) is 5. The van der Waals surface area contributed by atoms with Crippen LogP contribution in [0.3, 0.4) is 0 Å². The van der Waals surface area contributed by atoms with E-state index in [4.69, 9.17) is 0 Å². The van der Waals surface area contributed by atoms with Crippen LogP contribution < -0.4 is 16.6 Å². The molecule has 0 bridgehead atoms. The summed E-state index contributed by atoms with van der Waals surface area (Å²) in [5, 5.41) is 3.41. The SMILES string of the molecule is Cl.Cn1cnc2c1c(=O)n(CC(=O)N1CCC3(CCNC3)CC1)c(=O)n2C. The molecule has 0 saturated carbocycles. The van der Waals surface area contributed by atoms with Gasteiger partial charge in [0.15, 0.2) is 11.2 Å². The number of nitrogens with zero attached hydrogens (tertiary/aromatic N) is 5. The summed E-state index contributed by atoms with van der Waals surface area (Å²) < 4.78 is 3.92. The summed E-state index contributed by atoms with van der Waals surface area (Å²) in [6.07, 6.45) is 4.60. The van der Waals surface area contributed by atoms with E-state index in [-0.39, 0.29) is 24.9 Å². The lowest BCUT2D eigenvalue weighted by Gasteiger charge is -2.38. The minimum Gasteiger partial charge on any atom is -0.341 e. The number of carbonyl (C=O) groups is 1. The van der Waals surface area contributed by atoms with E-state index in [2.05, 4.69) is 10.3 Å². The van der Waals surface area contributed by atoms with Crippen molar-refractivity contribution < 1.29 is 4.79 Å². The van der Waals surface area contributed by atoms with Gasteiger partial charge in [0.1, 0.15) is 6.54 Å². The monoisotopic (exact) mass is 396 g/mol. The summed E-state index contributed by atoms with van der Waals surface area (Å²) in [7, 11) is 3.27. The second kappa shape index (κ2) is 7.12. The van der Waals surface area contributed by atoms with E-state index >= 15 is 0 Å². The maximum absolute atomic E-state index is 12.7. The lowest BCUT2D eigenvalue weighted by molar-refractivity contribution is -0.134. The van der Waals surface area contributed by atoms with E-state index in [9.17, 15) is 14.4 Å². The second-order valence-corrected chi connectivity index (χ2v) is 7.57. The molecule has 1 spiro atoms. The minimum absolute atomic E-state index is 0. The summed E-state index contributed by atoms with van der Waals surface area (Å²) in [4.78, 5) is 43.9. The van der Waals surface area contributed by atoms with Gasteiger partial charge in [0, 0.05) is 33.7 Å². The van der Waals surface area contributed by atoms with Gasteiger partial charge >= 0.3 is 5.69 Å². The van der Waals surface area contributed by atoms with Gasteiger partial charge in [0.05, 0.1) is 6.33 Å². The Morgan fingerprint density at radius 1 is 1.22 bits per heavy atom. The first-order valence-corrected chi connectivity index (χ1v) is 9.01. The molecule has 2 aromatic rings. The van der Waals surface area contributed by atoms with Crippen molar-refractivity contribution in [3.05, 3.63) is 27.2 Å². The van der Waals surface area contributed by atoms with Crippen LogP contribution in [0.25, 0.3) is 11.2 Å². The summed E-state index contributed by atoms with van der Waals surface area (Å²) in [5.41, 5.74) is -0.000459. The Kier molecular flexibility index (Phi) is 5.18. The number of piperidine rings is 1. The van der Waals surface area contributed by atoms with Crippen LogP contribution >= 0.6 is 12.4 Å². The second-order valence-electron chi connectivity index (χ2n) is 7.57. The lowest BCUT2D eigenvalue weighted by Crippen LogP contribution is -2.48. The van der Waals surface area contributed by atoms with Gasteiger partial charge in [0.25, 0.3) is 5.56 Å². The summed E-state index contributed by atoms with van der Waals surface area (Å²) in [6, 6.07) is 0. The van der Waals surface area contributed by atoms with Crippen molar-refractivity contribution in [2.75, 3.05) is 26.2 Å². The van der Waals surface area contributed by atoms with Gasteiger partial charge in [-0.15, -0.1) is 12.4 Å². The highest BCUT2D eigenvalue weighted by Crippen LogP contribution is 2.36. The Morgan fingerprint density at radius 2 is 1.93 bits per heavy atom. The van der Waals surface area contributed by atoms with Crippen LogP contribution in [0.4, 0.5) is 0 Å². The summed E-state index contributed by atoms with van der Waals surface area (Å²) in [6.45, 7) is 3.21. The van der Waals surface area contributed by atoms with Crippen LogP contribution in [0.1, 0.15) is 19.3 Å². The van der Waals surface area contributed by atoms with E-state index in [0.717, 1.165) is 36.9 Å². The van der Waals surface area contributed by atoms with Crippen LogP contribution in [0.5, 0.6) is 0 Å². The first kappa shape index (κ1) is 19.6. The summed E-state index contributed by atoms with van der Waals surface area (Å²) in [5.74, 6) is -0.175. The fourth-order valence-corrected chi connectivity index (χ4v) is 4.22. The fourth-order valence-electron chi connectivity index (χ4n) is 4.22. The van der Waals surface area contributed by atoms with Crippen molar-refractivity contribution in [1.82, 2.24) is 28.9 Å². The molecule has 27 heavy (non-hydrogen) atoms. The fraction of sp³-hybridized carbons (Fsp3) is 0.647. The largest absolute Gasteiger partial charge is 0.341 e. The van der Waals surface area contributed by atoms with Gasteiger partial charge in [-0.1, -0.05) is 0 Å². The molecule has 1 N–H and O–H groups in total. The van der Waals surface area contributed by atoms with Crippen molar-refractivity contribution in [1.29, 1.82) is 0 Å². The molecule has 0 radical (unpaired) electrons. The third-order valence-electron chi connectivity index (χ3n) is 6.00. The molecule has 4 rings (SSSR count). The zero-order valence-corrected chi connectivity index (χ0v) is 16.4. The van der Waals surface area contributed by atoms with Gasteiger partial charge in [-0.3, -0.25) is 14.2 Å². The van der Waals surface area contributed by atoms with Crippen LogP contribution in [0.15, 0.2) is 15.9 Å². The first-order valence-electron chi connectivity index (χ1n) is 9.01. The standard InChI is InChI=1S/C17H24N6O3.ClH/c1-20-11-19-14-13(20)15(25)23(16(26)21(14)2)9-12(24)22-7-4-17(5-8-22)3-6-18-10-17;/h11,18H,3-10H2,1-2H3;1H. The smallest absolute Gasteiger partial charge is 0.332 e. The number of carbonyl (C=O) groups excluding carboxylic acids is 1. The van der Waals surface area contributed by atoms with Crippen molar-refractivity contribution >= 4 is 29.5 Å². The molecular weight excluding hydrogens is 372 g/mol. The Labute approximate surface area is 162 Å². The first-order chi connectivity index (χ1) is 12.4. The molecule has 10 heteroatoms. The van der Waals surface area contributed by atoms with Gasteiger partial charge < -0.3 is 14.8 Å². The highest BCUT2D eigenvalue weighted by molar-refractivity contribution is 5.85. The van der Waals surface area contributed by atoms with Crippen LogP contribution in [-0.2, 0) is 25.4 Å². The number of amides is 1. The zero-order valence-electron chi connectivity index (χ0n) is 15.6. The van der Waals surface area contributed by atoms with Crippen LogP contribution in [0.2, 0.25) is 0 Å². The maximum atomic E-state index is 12.7. The Bertz CT molecular complexity index is 975. The van der Waals surface area contributed by atoms with E-state index in [1.54, 1.807) is 23.6 Å². The molecule has 2 aliphatic heterocycles. The highest BCUT2D eigenvalue weighted by Gasteiger charge is 2.38. The topological polar surface area (TPSA) is 94.2 Å². The molecule has 9 nitrogen and oxygen atoms in total. The number of likely N-dealkylation sites (tertiary alicyclic amines) is 1. The van der Waals surface area contributed by atoms with Crippen molar-refractivity contribution in [2.24, 2.45) is 19.5 Å². The molecule has 148 valence electrons. The third-order valence-corrected chi connectivity index (χ3v) is 6.00. The van der Waals surface area contributed by atoms with Crippen LogP contribution in [-0.4, -0.2) is 55.7 Å². The van der Waals surface area contributed by atoms with E-state index in [1.807, 2.05) is 0 Å². The van der Waals surface area contributed by atoms with E-state index in [0.29, 0.717) is 29.7 Å². The van der Waals surface area contributed by atoms with E-state index < -0.39 is 11.2 Å². The molecule has 1 amide bonds. The average Bonchev–Trinajstić information content (AvgIpc) is 3.24. The predicted molar refractivity (Wildman–Crippen MR) is 103 cm³/mol. The average molecular weight is 397 g/mol. The van der Waals surface area contributed by atoms with Gasteiger partial charge in [0.2, 0.25) is 5.91 Å². The van der Waals surface area contributed by atoms with E-state index in [1.165, 1.54) is 10.9 Å². The van der Waals surface area contributed by atoms with Gasteiger partial charge in [-0.05, 0) is 31.2 Å². The maximum Gasteiger partial charge on any atom is 0.332 e. The molecule has 0 unspecified atom stereocenters. The van der Waals surface area contributed by atoms with Crippen LogP contribution in [0, 0.1) is 5.41 Å². The molecule has 0 atom stereocenters. The lowest BCUT2D eigenvalue weighted by atomic mass is 9.78. The molecule has 2 saturated heterocycles. The molecule has 2 aliphatic rings. The Morgan fingerprint density at radius 3 is 2.56 bits per heavy atom. The summed E-state index contributed by atoms with van der Waals surface area (Å²) >= 11 is 0. The highest BCUT2D eigenvalue weighted by atomic mass is 35.5. The van der Waals surface area contributed by atoms with Gasteiger partial charge in [-0.2, -0.15) is 0 Å². The molecule has 0 aliphatic carbocycles. The zero-order chi connectivity index (χ0) is 18.5. The van der Waals surface area contributed by atoms with Gasteiger partial charge in [-0.25, -0.2) is 14.3 Å². The molecule has 4 heterocycles. The van der Waals surface area contributed by atoms with Crippen molar-refractivity contribution in [3.63, 3.8) is 0 Å². The quantitative estimate of drug-likeness (QED) is 0.735. The number of imidazole rings is 1. The number of halogens is 1. The molecule has 0 aromatic carbocycles. The number of hydrogen-bond donors (Lipinski definition) is 1. The van der Waals surface area contributed by atoms with Crippen molar-refractivity contribution in [3.8, 4) is 0 Å². The van der Waals surface area contributed by atoms with Crippen molar-refractivity contribution in [2.45, 2.75) is 25.8 Å². The number of nitrogens with one attached hydrogen (secondary N) is 1. The number of aromatic nitrogens is 4. The normalized spacial score (nSPS) is 18.8. The number of aryl methyl sites for hydroxylation is 2. The minimum atomic E-state index is -0.511. The number of fused-ring (bicyclic) bond motifs is 1. The third kappa shape index (κ3) is 3.19. The number of rotatable bonds is 2. The Balaban J connectivity index is 0.00000210. The molecule has 2 fully saturated rings.